The molecule has 3 N–H and O–H groups in total. The van der Waals surface area contributed by atoms with Gasteiger partial charge in [-0.25, -0.2) is 0 Å². The Morgan fingerprint density at radius 3 is 2.79 bits per heavy atom. The summed E-state index contributed by atoms with van der Waals surface area (Å²) < 4.78 is 0. The van der Waals surface area contributed by atoms with Gasteiger partial charge in [0.15, 0.2) is 0 Å². The number of aromatic nitrogens is 2. The largest absolute Gasteiger partial charge is 0.316 e. The van der Waals surface area contributed by atoms with Gasteiger partial charge in [0.2, 0.25) is 11.0 Å². The topological polar surface area (TPSA) is 80.9 Å². The van der Waals surface area contributed by atoms with Crippen molar-refractivity contribution in [3.8, 4) is 0 Å². The van der Waals surface area contributed by atoms with Gasteiger partial charge >= 0.3 is 0 Å². The number of carbonyl (C=O) groups is 1. The fourth-order valence-electron chi connectivity index (χ4n) is 1.61. The maximum Gasteiger partial charge on any atom is 0.247 e. The average molecular weight is 276 g/mol. The van der Waals surface area contributed by atoms with Gasteiger partial charge in [0.05, 0.1) is 0 Å². The summed E-state index contributed by atoms with van der Waals surface area (Å²) >= 11 is 1.39. The van der Waals surface area contributed by atoms with Gasteiger partial charge < -0.3 is 5.73 Å². The smallest absolute Gasteiger partial charge is 0.247 e. The van der Waals surface area contributed by atoms with Crippen LogP contribution in [0.15, 0.2) is 30.3 Å². The zero-order valence-electron chi connectivity index (χ0n) is 10.7. The fraction of sp³-hybridized carbons (Fsp3) is 0.308. The zero-order valence-corrected chi connectivity index (χ0v) is 11.5. The van der Waals surface area contributed by atoms with Crippen molar-refractivity contribution in [2.24, 2.45) is 5.73 Å². The summed E-state index contributed by atoms with van der Waals surface area (Å²) in [5.41, 5.74) is 6.67. The van der Waals surface area contributed by atoms with E-state index in [1.54, 1.807) is 0 Å². The molecule has 0 fully saturated rings. The molecule has 0 aliphatic rings. The van der Waals surface area contributed by atoms with E-state index in [2.05, 4.69) is 22.4 Å². The normalized spacial score (nSPS) is 12.1. The minimum atomic E-state index is -0.695. The minimum Gasteiger partial charge on any atom is -0.316 e. The molecule has 1 aromatic carbocycles. The lowest BCUT2D eigenvalue weighted by Gasteiger charge is -2.10. The summed E-state index contributed by atoms with van der Waals surface area (Å²) in [6, 6.07) is 8.55. The number of anilines is 1. The molecule has 1 aromatic heterocycles. The summed E-state index contributed by atoms with van der Waals surface area (Å²) in [6.07, 6.45) is 1.88. The highest BCUT2D eigenvalue weighted by molar-refractivity contribution is 7.15. The van der Waals surface area contributed by atoms with Crippen molar-refractivity contribution in [1.82, 2.24) is 10.2 Å². The van der Waals surface area contributed by atoms with E-state index in [1.165, 1.54) is 11.3 Å². The number of hydrogen-bond acceptors (Lipinski definition) is 5. The second kappa shape index (κ2) is 6.40. The number of nitrogens with two attached hydrogens (primary N) is 1. The molecule has 2 aromatic rings. The average Bonchev–Trinajstić information content (AvgIpc) is 2.86. The van der Waals surface area contributed by atoms with Gasteiger partial charge in [0, 0.05) is 6.42 Å². The Morgan fingerprint density at radius 1 is 1.37 bits per heavy atom. The van der Waals surface area contributed by atoms with Crippen LogP contribution in [0.3, 0.4) is 0 Å². The van der Waals surface area contributed by atoms with Crippen molar-refractivity contribution in [2.45, 2.75) is 25.8 Å². The van der Waals surface area contributed by atoms with Crippen molar-refractivity contribution >= 4 is 22.4 Å². The third kappa shape index (κ3) is 3.59. The molecule has 100 valence electrons. The number of benzene rings is 1. The number of rotatable bonds is 5. The van der Waals surface area contributed by atoms with Crippen LogP contribution in [0.25, 0.3) is 0 Å². The number of nitrogens with zero attached hydrogens (tertiary/aromatic N) is 2. The number of amides is 1. The summed E-state index contributed by atoms with van der Waals surface area (Å²) in [6.45, 7) is 2.07. The van der Waals surface area contributed by atoms with Crippen molar-refractivity contribution in [3.05, 3.63) is 40.9 Å². The Bertz CT molecular complexity index is 541. The van der Waals surface area contributed by atoms with Gasteiger partial charge in [-0.2, -0.15) is 0 Å². The highest BCUT2D eigenvalue weighted by atomic mass is 32.1. The molecular weight excluding hydrogens is 260 g/mol. The zero-order chi connectivity index (χ0) is 13.7. The lowest BCUT2D eigenvalue weighted by molar-refractivity contribution is -0.117. The van der Waals surface area contributed by atoms with Crippen molar-refractivity contribution in [1.29, 1.82) is 0 Å². The molecule has 0 radical (unpaired) electrons. The van der Waals surface area contributed by atoms with Crippen LogP contribution in [0.1, 0.15) is 30.0 Å². The van der Waals surface area contributed by atoms with Crippen LogP contribution in [0.5, 0.6) is 0 Å². The van der Waals surface area contributed by atoms with E-state index in [9.17, 15) is 4.79 Å². The van der Waals surface area contributed by atoms with E-state index in [0.717, 1.165) is 23.4 Å². The van der Waals surface area contributed by atoms with Crippen molar-refractivity contribution in [3.63, 3.8) is 0 Å². The summed E-state index contributed by atoms with van der Waals surface area (Å²) in [4.78, 5) is 12.0. The Balaban J connectivity index is 2.00. The molecule has 6 heteroatoms. The van der Waals surface area contributed by atoms with Gasteiger partial charge in [-0.05, 0) is 12.0 Å². The highest BCUT2D eigenvalue weighted by Crippen LogP contribution is 2.18. The van der Waals surface area contributed by atoms with Crippen LogP contribution in [0.2, 0.25) is 0 Å². The standard InChI is InChI=1S/C13H16N4OS/c1-2-6-10-16-17-13(19-10)15-12(18)11(14)9-7-4-3-5-8-9/h3-5,7-8,11H,2,6,14H2,1H3,(H,15,17,18). The molecule has 0 aliphatic carbocycles. The molecule has 0 bridgehead atoms. The molecule has 0 saturated carbocycles. The Kier molecular flexibility index (Phi) is 4.59. The first kappa shape index (κ1) is 13.6. The van der Waals surface area contributed by atoms with Crippen molar-refractivity contribution in [2.75, 3.05) is 5.32 Å². The lowest BCUT2D eigenvalue weighted by atomic mass is 10.1. The molecule has 5 nitrogen and oxygen atoms in total. The van der Waals surface area contributed by atoms with Crippen LogP contribution >= 0.6 is 11.3 Å². The molecule has 2 rings (SSSR count). The summed E-state index contributed by atoms with van der Waals surface area (Å²) in [5, 5.41) is 12.1. The molecule has 1 heterocycles. The Hall–Kier alpha value is -1.79. The van der Waals surface area contributed by atoms with E-state index < -0.39 is 6.04 Å². The van der Waals surface area contributed by atoms with Gasteiger partial charge in [-0.3, -0.25) is 10.1 Å². The number of carbonyl (C=O) groups excluding carboxylic acids is 1. The molecule has 0 spiro atoms. The van der Waals surface area contributed by atoms with E-state index in [0.29, 0.717) is 5.13 Å². The number of nitrogens with one attached hydrogen (secondary N) is 1. The van der Waals surface area contributed by atoms with Gasteiger partial charge in [0.1, 0.15) is 11.0 Å². The van der Waals surface area contributed by atoms with E-state index in [4.69, 9.17) is 5.73 Å². The maximum atomic E-state index is 12.0. The SMILES string of the molecule is CCCc1nnc(NC(=O)C(N)c2ccccc2)s1. The van der Waals surface area contributed by atoms with E-state index >= 15 is 0 Å². The quantitative estimate of drug-likeness (QED) is 0.876. The first-order chi connectivity index (χ1) is 9.20. The molecule has 0 aliphatic heterocycles. The maximum absolute atomic E-state index is 12.0. The Labute approximate surface area is 115 Å². The van der Waals surface area contributed by atoms with Gasteiger partial charge in [0.25, 0.3) is 0 Å². The van der Waals surface area contributed by atoms with E-state index in [-0.39, 0.29) is 5.91 Å². The van der Waals surface area contributed by atoms with Crippen LogP contribution < -0.4 is 11.1 Å². The van der Waals surface area contributed by atoms with E-state index in [1.807, 2.05) is 30.3 Å². The second-order valence-corrected chi connectivity index (χ2v) is 5.19. The third-order valence-electron chi connectivity index (χ3n) is 2.60. The Morgan fingerprint density at radius 2 is 2.11 bits per heavy atom. The molecule has 1 unspecified atom stereocenters. The van der Waals surface area contributed by atoms with Crippen LogP contribution in [-0.2, 0) is 11.2 Å². The van der Waals surface area contributed by atoms with Gasteiger partial charge in [-0.15, -0.1) is 10.2 Å². The summed E-state index contributed by atoms with van der Waals surface area (Å²) in [7, 11) is 0. The molecule has 1 amide bonds. The molecular formula is C13H16N4OS. The second-order valence-electron chi connectivity index (χ2n) is 4.13. The highest BCUT2D eigenvalue weighted by Gasteiger charge is 2.17. The first-order valence-corrected chi connectivity index (χ1v) is 6.96. The van der Waals surface area contributed by atoms with Crippen LogP contribution in [0, 0.1) is 0 Å². The van der Waals surface area contributed by atoms with Gasteiger partial charge in [-0.1, -0.05) is 48.6 Å². The lowest BCUT2D eigenvalue weighted by Crippen LogP contribution is -2.27. The predicted octanol–water partition coefficient (Wildman–Crippen LogP) is 2.13. The molecule has 0 saturated heterocycles. The van der Waals surface area contributed by atoms with Crippen LogP contribution in [-0.4, -0.2) is 16.1 Å². The van der Waals surface area contributed by atoms with Crippen molar-refractivity contribution < 1.29 is 4.79 Å². The minimum absolute atomic E-state index is 0.273. The predicted molar refractivity (Wildman–Crippen MR) is 75.9 cm³/mol. The number of hydrogen-bond donors (Lipinski definition) is 2. The monoisotopic (exact) mass is 276 g/mol. The fourth-order valence-corrected chi connectivity index (χ4v) is 2.46. The van der Waals surface area contributed by atoms with Crippen LogP contribution in [0.4, 0.5) is 5.13 Å². The molecule has 19 heavy (non-hydrogen) atoms. The third-order valence-corrected chi connectivity index (χ3v) is 3.50. The number of aryl methyl sites for hydroxylation is 1. The molecule has 1 atom stereocenters. The first-order valence-electron chi connectivity index (χ1n) is 6.14. The summed E-state index contributed by atoms with van der Waals surface area (Å²) in [5.74, 6) is -0.273.